The number of anilines is 1. The van der Waals surface area contributed by atoms with Crippen LogP contribution in [-0.2, 0) is 11.3 Å². The lowest BCUT2D eigenvalue weighted by molar-refractivity contribution is -0.123. The number of rotatable bonds is 4. The van der Waals surface area contributed by atoms with Crippen LogP contribution < -0.4 is 10.2 Å². The van der Waals surface area contributed by atoms with Gasteiger partial charge in [0.2, 0.25) is 0 Å². The third kappa shape index (κ3) is 3.90. The van der Waals surface area contributed by atoms with Gasteiger partial charge in [-0.05, 0) is 54.3 Å². The van der Waals surface area contributed by atoms with Crippen LogP contribution in [-0.4, -0.2) is 29.9 Å². The number of halogens is 1. The lowest BCUT2D eigenvalue weighted by atomic mass is 10.1. The van der Waals surface area contributed by atoms with Crippen molar-refractivity contribution in [2.24, 2.45) is 0 Å². The maximum atomic E-state index is 12.6. The molecular weight excluding hydrogens is 406 g/mol. The van der Waals surface area contributed by atoms with Gasteiger partial charge in [0.05, 0.1) is 6.54 Å². The minimum Gasteiger partial charge on any atom is -0.372 e. The number of urea groups is 1. The highest BCUT2D eigenvalue weighted by Gasteiger charge is 2.33. The van der Waals surface area contributed by atoms with E-state index in [1.54, 1.807) is 6.08 Å². The molecule has 1 N–H and O–H groups in total. The van der Waals surface area contributed by atoms with E-state index in [2.05, 4.69) is 38.3 Å². The van der Waals surface area contributed by atoms with Crippen LogP contribution in [0.1, 0.15) is 24.0 Å². The summed E-state index contributed by atoms with van der Waals surface area (Å²) in [7, 11) is 0. The highest BCUT2D eigenvalue weighted by atomic mass is 79.9. The molecule has 6 heteroatoms. The van der Waals surface area contributed by atoms with Gasteiger partial charge in [-0.25, -0.2) is 4.79 Å². The molecule has 3 amide bonds. The Bertz CT molecular complexity index is 885. The van der Waals surface area contributed by atoms with Crippen molar-refractivity contribution in [3.63, 3.8) is 0 Å². The summed E-state index contributed by atoms with van der Waals surface area (Å²) < 4.78 is 0.960. The molecule has 5 nitrogen and oxygen atoms in total. The minimum atomic E-state index is -0.386. The maximum absolute atomic E-state index is 12.6. The Balaban J connectivity index is 1.48. The summed E-state index contributed by atoms with van der Waals surface area (Å²) in [4.78, 5) is 28.4. The summed E-state index contributed by atoms with van der Waals surface area (Å²) in [5.74, 6) is -0.300. The van der Waals surface area contributed by atoms with Crippen LogP contribution in [0.5, 0.6) is 0 Å². The molecule has 2 aliphatic heterocycles. The number of hydrogen-bond acceptors (Lipinski definition) is 3. The zero-order chi connectivity index (χ0) is 18.8. The second-order valence-electron chi connectivity index (χ2n) is 6.79. The number of carbonyl (C=O) groups is 2. The van der Waals surface area contributed by atoms with Crippen molar-refractivity contribution in [1.82, 2.24) is 10.2 Å². The molecule has 0 spiro atoms. The third-order valence-corrected chi connectivity index (χ3v) is 5.42. The Hall–Kier alpha value is -2.60. The summed E-state index contributed by atoms with van der Waals surface area (Å²) in [6, 6.07) is 15.3. The molecule has 138 valence electrons. The number of nitrogens with zero attached hydrogens (tertiary/aromatic N) is 2. The molecule has 2 aromatic rings. The van der Waals surface area contributed by atoms with Gasteiger partial charge in [0, 0.05) is 23.2 Å². The average Bonchev–Trinajstić information content (AvgIpc) is 3.29. The molecule has 0 bridgehead atoms. The zero-order valence-electron chi connectivity index (χ0n) is 14.8. The third-order valence-electron chi connectivity index (χ3n) is 4.89. The molecule has 0 saturated carbocycles. The molecule has 0 unspecified atom stereocenters. The Morgan fingerprint density at radius 2 is 1.63 bits per heavy atom. The first kappa shape index (κ1) is 17.8. The largest absolute Gasteiger partial charge is 0.372 e. The highest BCUT2D eigenvalue weighted by Crippen LogP contribution is 2.22. The summed E-state index contributed by atoms with van der Waals surface area (Å²) in [5, 5.41) is 2.68. The Morgan fingerprint density at radius 3 is 2.30 bits per heavy atom. The summed E-state index contributed by atoms with van der Waals surface area (Å²) in [6.07, 6.45) is 4.21. The normalized spacial score (nSPS) is 18.5. The van der Waals surface area contributed by atoms with Gasteiger partial charge in [-0.15, -0.1) is 0 Å². The van der Waals surface area contributed by atoms with Gasteiger partial charge in [0.25, 0.3) is 5.91 Å². The lowest BCUT2D eigenvalue weighted by Crippen LogP contribution is -2.30. The number of carbonyl (C=O) groups excluding carboxylic acids is 2. The molecule has 2 fully saturated rings. The Kier molecular flexibility index (Phi) is 4.99. The molecule has 0 radical (unpaired) electrons. The SMILES string of the molecule is O=C1NC(=Cc2ccc(N3CCCC3)cc2)C(=O)N1Cc1ccc(Br)cc1. The number of benzene rings is 2. The van der Waals surface area contributed by atoms with Gasteiger partial charge < -0.3 is 10.2 Å². The summed E-state index contributed by atoms with van der Waals surface area (Å²) >= 11 is 3.38. The van der Waals surface area contributed by atoms with E-state index in [0.717, 1.165) is 28.7 Å². The van der Waals surface area contributed by atoms with Crippen molar-refractivity contribution in [2.45, 2.75) is 19.4 Å². The maximum Gasteiger partial charge on any atom is 0.329 e. The van der Waals surface area contributed by atoms with Crippen molar-refractivity contribution >= 4 is 39.6 Å². The van der Waals surface area contributed by atoms with Crippen molar-refractivity contribution in [1.29, 1.82) is 0 Å². The van der Waals surface area contributed by atoms with E-state index < -0.39 is 0 Å². The number of imide groups is 1. The smallest absolute Gasteiger partial charge is 0.329 e. The fourth-order valence-corrected chi connectivity index (χ4v) is 3.68. The first-order chi connectivity index (χ1) is 13.1. The first-order valence-corrected chi connectivity index (χ1v) is 9.83. The van der Waals surface area contributed by atoms with Gasteiger partial charge in [-0.2, -0.15) is 0 Å². The quantitative estimate of drug-likeness (QED) is 0.591. The van der Waals surface area contributed by atoms with Crippen LogP contribution in [0, 0.1) is 0 Å². The molecule has 27 heavy (non-hydrogen) atoms. The van der Waals surface area contributed by atoms with Gasteiger partial charge in [0.1, 0.15) is 5.70 Å². The average molecular weight is 426 g/mol. The molecule has 0 aliphatic carbocycles. The topological polar surface area (TPSA) is 52.7 Å². The molecule has 4 rings (SSSR count). The van der Waals surface area contributed by atoms with Crippen molar-refractivity contribution in [2.75, 3.05) is 18.0 Å². The van der Waals surface area contributed by atoms with Crippen LogP contribution in [0.4, 0.5) is 10.5 Å². The second-order valence-corrected chi connectivity index (χ2v) is 7.71. The van der Waals surface area contributed by atoms with Crippen LogP contribution in [0.3, 0.4) is 0 Å². The van der Waals surface area contributed by atoms with Crippen LogP contribution in [0.25, 0.3) is 6.08 Å². The molecular formula is C21H20BrN3O2. The highest BCUT2D eigenvalue weighted by molar-refractivity contribution is 9.10. The number of nitrogens with one attached hydrogen (secondary N) is 1. The second kappa shape index (κ2) is 7.56. The van der Waals surface area contributed by atoms with E-state index in [4.69, 9.17) is 0 Å². The molecule has 0 atom stereocenters. The summed E-state index contributed by atoms with van der Waals surface area (Å²) in [5.41, 5.74) is 3.31. The van der Waals surface area contributed by atoms with E-state index >= 15 is 0 Å². The van der Waals surface area contributed by atoms with Crippen molar-refractivity contribution < 1.29 is 9.59 Å². The first-order valence-electron chi connectivity index (χ1n) is 9.04. The van der Waals surface area contributed by atoms with Gasteiger partial charge >= 0.3 is 6.03 Å². The lowest BCUT2D eigenvalue weighted by Gasteiger charge is -2.17. The zero-order valence-corrected chi connectivity index (χ0v) is 16.4. The predicted molar refractivity (Wildman–Crippen MR) is 109 cm³/mol. The molecule has 0 aromatic heterocycles. The van der Waals surface area contributed by atoms with E-state index in [-0.39, 0.29) is 18.5 Å². The van der Waals surface area contributed by atoms with E-state index in [9.17, 15) is 9.59 Å². The van der Waals surface area contributed by atoms with E-state index in [1.807, 2.05) is 36.4 Å². The minimum absolute atomic E-state index is 0.253. The van der Waals surface area contributed by atoms with Gasteiger partial charge in [-0.3, -0.25) is 9.69 Å². The Labute approximate surface area is 166 Å². The molecule has 2 aliphatic rings. The fourth-order valence-electron chi connectivity index (χ4n) is 3.41. The van der Waals surface area contributed by atoms with Crippen LogP contribution >= 0.6 is 15.9 Å². The van der Waals surface area contributed by atoms with E-state index in [0.29, 0.717) is 5.70 Å². The predicted octanol–water partition coefficient (Wildman–Crippen LogP) is 4.14. The monoisotopic (exact) mass is 425 g/mol. The standard InChI is InChI=1S/C21H20BrN3O2/c22-17-7-3-16(4-8-17)14-25-20(26)19(23-21(25)27)13-15-5-9-18(10-6-15)24-11-1-2-12-24/h3-10,13H,1-2,11-12,14H2,(H,23,27). The van der Waals surface area contributed by atoms with Gasteiger partial charge in [0.15, 0.2) is 0 Å². The number of amides is 3. The fraction of sp³-hybridized carbons (Fsp3) is 0.238. The van der Waals surface area contributed by atoms with Crippen molar-refractivity contribution in [3.05, 3.63) is 69.8 Å². The molecule has 2 saturated heterocycles. The summed E-state index contributed by atoms with van der Waals surface area (Å²) in [6.45, 7) is 2.45. The Morgan fingerprint density at radius 1 is 0.963 bits per heavy atom. The van der Waals surface area contributed by atoms with E-state index in [1.165, 1.54) is 23.4 Å². The van der Waals surface area contributed by atoms with Crippen LogP contribution in [0.2, 0.25) is 0 Å². The van der Waals surface area contributed by atoms with Gasteiger partial charge in [-0.1, -0.05) is 40.2 Å². The molecule has 2 heterocycles. The number of hydrogen-bond donors (Lipinski definition) is 1. The molecule has 2 aromatic carbocycles. The van der Waals surface area contributed by atoms with Crippen molar-refractivity contribution in [3.8, 4) is 0 Å². The van der Waals surface area contributed by atoms with Crippen LogP contribution in [0.15, 0.2) is 58.7 Å².